The van der Waals surface area contributed by atoms with Crippen molar-refractivity contribution < 1.29 is 13.2 Å². The number of hydrogen-bond acceptors (Lipinski definition) is 4. The molecule has 1 fully saturated rings. The van der Waals surface area contributed by atoms with Crippen molar-refractivity contribution in [1.82, 2.24) is 9.03 Å². The van der Waals surface area contributed by atoms with Gasteiger partial charge in [-0.1, -0.05) is 0 Å². The predicted octanol–water partition coefficient (Wildman–Crippen LogP) is -1.11. The van der Waals surface area contributed by atoms with Crippen LogP contribution in [0.1, 0.15) is 12.8 Å². The summed E-state index contributed by atoms with van der Waals surface area (Å²) >= 11 is 0. The lowest BCUT2D eigenvalue weighted by Gasteiger charge is -2.26. The highest BCUT2D eigenvalue weighted by Gasteiger charge is 2.23. The summed E-state index contributed by atoms with van der Waals surface area (Å²) in [4.78, 5) is 0. The van der Waals surface area contributed by atoms with Gasteiger partial charge in [0, 0.05) is 19.6 Å². The maximum Gasteiger partial charge on any atom is 0.279 e. The van der Waals surface area contributed by atoms with Crippen molar-refractivity contribution >= 4 is 10.2 Å². The fourth-order valence-electron chi connectivity index (χ4n) is 1.35. The standard InChI is InChI=1S/C8H19N3O3S/c9-3-1-2-4-10-15(12,13)11-5-7-14-8-6-11/h10H,1-9H2. The number of nitrogens with two attached hydrogens (primary N) is 1. The van der Waals surface area contributed by atoms with E-state index in [1.165, 1.54) is 4.31 Å². The maximum absolute atomic E-state index is 11.7. The molecule has 1 aliphatic rings. The first-order valence-corrected chi connectivity index (χ1v) is 6.63. The summed E-state index contributed by atoms with van der Waals surface area (Å²) < 4.78 is 32.4. The van der Waals surface area contributed by atoms with Gasteiger partial charge in [0.15, 0.2) is 0 Å². The van der Waals surface area contributed by atoms with E-state index in [9.17, 15) is 8.42 Å². The molecule has 0 aromatic carbocycles. The Morgan fingerprint density at radius 1 is 1.27 bits per heavy atom. The van der Waals surface area contributed by atoms with E-state index in [0.29, 0.717) is 39.4 Å². The van der Waals surface area contributed by atoms with Gasteiger partial charge in [0.05, 0.1) is 13.2 Å². The smallest absolute Gasteiger partial charge is 0.279 e. The maximum atomic E-state index is 11.7. The molecule has 0 aromatic heterocycles. The molecule has 1 saturated heterocycles. The van der Waals surface area contributed by atoms with E-state index >= 15 is 0 Å². The third kappa shape index (κ3) is 4.43. The van der Waals surface area contributed by atoms with Crippen LogP contribution in [0.25, 0.3) is 0 Å². The number of unbranched alkanes of at least 4 members (excludes halogenated alkanes) is 1. The largest absolute Gasteiger partial charge is 0.379 e. The highest BCUT2D eigenvalue weighted by atomic mass is 32.2. The van der Waals surface area contributed by atoms with Crippen LogP contribution in [0.2, 0.25) is 0 Å². The Morgan fingerprint density at radius 2 is 1.93 bits per heavy atom. The molecule has 90 valence electrons. The topological polar surface area (TPSA) is 84.7 Å². The molecule has 0 amide bonds. The second-order valence-electron chi connectivity index (χ2n) is 3.41. The number of hydrogen-bond donors (Lipinski definition) is 2. The van der Waals surface area contributed by atoms with Gasteiger partial charge in [-0.05, 0) is 19.4 Å². The van der Waals surface area contributed by atoms with Crippen molar-refractivity contribution in [3.05, 3.63) is 0 Å². The highest BCUT2D eigenvalue weighted by Crippen LogP contribution is 2.02. The lowest BCUT2D eigenvalue weighted by molar-refractivity contribution is 0.0725. The van der Waals surface area contributed by atoms with Crippen LogP contribution in [0.3, 0.4) is 0 Å². The molecule has 1 heterocycles. The van der Waals surface area contributed by atoms with E-state index < -0.39 is 10.2 Å². The summed E-state index contributed by atoms with van der Waals surface area (Å²) in [6.45, 7) is 2.88. The molecule has 0 aliphatic carbocycles. The van der Waals surface area contributed by atoms with Crippen molar-refractivity contribution in [2.24, 2.45) is 5.73 Å². The van der Waals surface area contributed by atoms with E-state index in [-0.39, 0.29) is 0 Å². The van der Waals surface area contributed by atoms with Crippen molar-refractivity contribution in [1.29, 1.82) is 0 Å². The molecule has 15 heavy (non-hydrogen) atoms. The molecule has 0 atom stereocenters. The van der Waals surface area contributed by atoms with Crippen molar-refractivity contribution in [2.75, 3.05) is 39.4 Å². The zero-order chi connectivity index (χ0) is 11.1. The molecular weight excluding hydrogens is 218 g/mol. The number of nitrogens with one attached hydrogen (secondary N) is 1. The van der Waals surface area contributed by atoms with Gasteiger partial charge in [-0.2, -0.15) is 12.7 Å². The van der Waals surface area contributed by atoms with Crippen LogP contribution < -0.4 is 10.5 Å². The molecule has 7 heteroatoms. The Bertz CT molecular complexity index is 262. The summed E-state index contributed by atoms with van der Waals surface area (Å²) in [5.74, 6) is 0. The van der Waals surface area contributed by atoms with Gasteiger partial charge in [-0.25, -0.2) is 4.72 Å². The summed E-state index contributed by atoms with van der Waals surface area (Å²) in [6.07, 6.45) is 1.62. The average Bonchev–Trinajstić information content (AvgIpc) is 2.26. The first kappa shape index (κ1) is 12.9. The number of morpholine rings is 1. The molecule has 3 N–H and O–H groups in total. The highest BCUT2D eigenvalue weighted by molar-refractivity contribution is 7.87. The van der Waals surface area contributed by atoms with Gasteiger partial charge in [0.2, 0.25) is 0 Å². The van der Waals surface area contributed by atoms with Gasteiger partial charge in [0.25, 0.3) is 10.2 Å². The molecule has 0 radical (unpaired) electrons. The second kappa shape index (κ2) is 6.39. The SMILES string of the molecule is NCCCCNS(=O)(=O)N1CCOCC1. The average molecular weight is 237 g/mol. The minimum atomic E-state index is -3.30. The van der Waals surface area contributed by atoms with E-state index in [1.807, 2.05) is 0 Å². The zero-order valence-electron chi connectivity index (χ0n) is 8.81. The third-order valence-corrected chi connectivity index (χ3v) is 3.84. The molecular formula is C8H19N3O3S. The van der Waals surface area contributed by atoms with Crippen molar-refractivity contribution in [2.45, 2.75) is 12.8 Å². The van der Waals surface area contributed by atoms with Gasteiger partial charge in [-0.3, -0.25) is 0 Å². The van der Waals surface area contributed by atoms with E-state index in [0.717, 1.165) is 12.8 Å². The monoisotopic (exact) mass is 237 g/mol. The Labute approximate surface area is 90.9 Å². The Kier molecular flexibility index (Phi) is 5.48. The number of nitrogens with zero attached hydrogens (tertiary/aromatic N) is 1. The number of rotatable bonds is 6. The summed E-state index contributed by atoms with van der Waals surface area (Å²) in [5, 5.41) is 0. The van der Waals surface area contributed by atoms with Gasteiger partial charge >= 0.3 is 0 Å². The molecule has 0 bridgehead atoms. The summed E-state index contributed by atoms with van der Waals surface area (Å²) in [6, 6.07) is 0. The quantitative estimate of drug-likeness (QED) is 0.574. The summed E-state index contributed by atoms with van der Waals surface area (Å²) in [5.41, 5.74) is 5.32. The first-order chi connectivity index (χ1) is 7.17. The van der Waals surface area contributed by atoms with Gasteiger partial charge in [0.1, 0.15) is 0 Å². The summed E-state index contributed by atoms with van der Waals surface area (Å²) in [7, 11) is -3.30. The lowest BCUT2D eigenvalue weighted by Crippen LogP contribution is -2.46. The fraction of sp³-hybridized carbons (Fsp3) is 1.00. The zero-order valence-corrected chi connectivity index (χ0v) is 9.63. The van der Waals surface area contributed by atoms with Crippen molar-refractivity contribution in [3.63, 3.8) is 0 Å². The Morgan fingerprint density at radius 3 is 2.53 bits per heavy atom. The third-order valence-electron chi connectivity index (χ3n) is 2.23. The Balaban J connectivity index is 2.30. The van der Waals surface area contributed by atoms with Crippen LogP contribution in [0, 0.1) is 0 Å². The van der Waals surface area contributed by atoms with Crippen LogP contribution in [0.5, 0.6) is 0 Å². The fourth-order valence-corrected chi connectivity index (χ4v) is 2.56. The predicted molar refractivity (Wildman–Crippen MR) is 57.6 cm³/mol. The first-order valence-electron chi connectivity index (χ1n) is 5.19. The molecule has 0 unspecified atom stereocenters. The minimum absolute atomic E-state index is 0.437. The number of ether oxygens (including phenoxy) is 1. The lowest BCUT2D eigenvalue weighted by atomic mass is 10.3. The molecule has 0 aromatic rings. The van der Waals surface area contributed by atoms with Crippen LogP contribution >= 0.6 is 0 Å². The van der Waals surface area contributed by atoms with Crippen molar-refractivity contribution in [3.8, 4) is 0 Å². The van der Waals surface area contributed by atoms with Crippen LogP contribution in [-0.2, 0) is 14.9 Å². The van der Waals surface area contributed by atoms with Crippen LogP contribution in [0.4, 0.5) is 0 Å². The van der Waals surface area contributed by atoms with Gasteiger partial charge < -0.3 is 10.5 Å². The molecule has 1 rings (SSSR count). The normalized spacial score (nSPS) is 19.3. The van der Waals surface area contributed by atoms with E-state index in [4.69, 9.17) is 10.5 Å². The van der Waals surface area contributed by atoms with E-state index in [2.05, 4.69) is 4.72 Å². The van der Waals surface area contributed by atoms with E-state index in [1.54, 1.807) is 0 Å². The minimum Gasteiger partial charge on any atom is -0.379 e. The second-order valence-corrected chi connectivity index (χ2v) is 5.16. The van der Waals surface area contributed by atoms with Gasteiger partial charge in [-0.15, -0.1) is 0 Å². The Hall–Kier alpha value is -0.210. The molecule has 0 spiro atoms. The molecule has 6 nitrogen and oxygen atoms in total. The molecule has 1 aliphatic heterocycles. The van der Waals surface area contributed by atoms with Crippen LogP contribution in [0.15, 0.2) is 0 Å². The van der Waals surface area contributed by atoms with Crippen LogP contribution in [-0.4, -0.2) is 52.1 Å². The molecule has 0 saturated carbocycles.